The van der Waals surface area contributed by atoms with Gasteiger partial charge in [0.05, 0.1) is 17.4 Å². The third-order valence-corrected chi connectivity index (χ3v) is 4.62. The topological polar surface area (TPSA) is 57.2 Å². The number of rotatable bonds is 4. The fraction of sp³-hybridized carbons (Fsp3) is 0.316. The van der Waals surface area contributed by atoms with Gasteiger partial charge in [0.15, 0.2) is 0 Å². The fourth-order valence-corrected chi connectivity index (χ4v) is 3.01. The largest absolute Gasteiger partial charge is 0.380 e. The Hall–Kier alpha value is -2.80. The van der Waals surface area contributed by atoms with Gasteiger partial charge in [-0.25, -0.2) is 14.4 Å². The van der Waals surface area contributed by atoms with Crippen molar-refractivity contribution in [3.05, 3.63) is 54.2 Å². The van der Waals surface area contributed by atoms with Crippen LogP contribution in [0, 0.1) is 5.82 Å². The first-order valence-electron chi connectivity index (χ1n) is 8.71. The lowest BCUT2D eigenvalue weighted by Crippen LogP contribution is -2.45. The van der Waals surface area contributed by atoms with E-state index in [1.54, 1.807) is 12.3 Å². The third-order valence-electron chi connectivity index (χ3n) is 4.62. The van der Waals surface area contributed by atoms with Crippen LogP contribution < -0.4 is 10.2 Å². The molecule has 3 aromatic rings. The molecule has 0 aliphatic carbocycles. The van der Waals surface area contributed by atoms with E-state index < -0.39 is 0 Å². The Morgan fingerprint density at radius 2 is 1.77 bits per heavy atom. The summed E-state index contributed by atoms with van der Waals surface area (Å²) in [5.41, 5.74) is 2.60. The summed E-state index contributed by atoms with van der Waals surface area (Å²) in [7, 11) is 2.13. The predicted molar refractivity (Wildman–Crippen MR) is 101 cm³/mol. The van der Waals surface area contributed by atoms with Gasteiger partial charge in [-0.15, -0.1) is 0 Å². The van der Waals surface area contributed by atoms with Crippen molar-refractivity contribution in [2.45, 2.75) is 6.54 Å². The molecule has 2 aromatic heterocycles. The molecule has 134 valence electrons. The number of hydrogen-bond acceptors (Lipinski definition) is 6. The number of halogens is 1. The molecule has 0 bridgehead atoms. The summed E-state index contributed by atoms with van der Waals surface area (Å²) in [4.78, 5) is 17.8. The van der Waals surface area contributed by atoms with Crippen LogP contribution in [-0.2, 0) is 6.54 Å². The molecule has 26 heavy (non-hydrogen) atoms. The van der Waals surface area contributed by atoms with Crippen molar-refractivity contribution in [3.63, 3.8) is 0 Å². The van der Waals surface area contributed by atoms with Gasteiger partial charge < -0.3 is 15.1 Å². The van der Waals surface area contributed by atoms with Crippen molar-refractivity contribution in [2.75, 3.05) is 43.4 Å². The van der Waals surface area contributed by atoms with Gasteiger partial charge in [0.1, 0.15) is 5.82 Å². The SMILES string of the molecule is CN1CCN(c2ncc(CNc3cnc4ccc(F)cc4c3)cn2)CC1. The molecule has 3 heterocycles. The second-order valence-corrected chi connectivity index (χ2v) is 6.60. The average molecular weight is 352 g/mol. The molecule has 6 nitrogen and oxygen atoms in total. The van der Waals surface area contributed by atoms with E-state index in [2.05, 4.69) is 37.1 Å². The molecule has 0 spiro atoms. The van der Waals surface area contributed by atoms with E-state index in [-0.39, 0.29) is 5.82 Å². The minimum absolute atomic E-state index is 0.260. The number of pyridine rings is 1. The maximum atomic E-state index is 13.4. The lowest BCUT2D eigenvalue weighted by molar-refractivity contribution is 0.311. The van der Waals surface area contributed by atoms with Crippen molar-refractivity contribution in [1.82, 2.24) is 19.9 Å². The lowest BCUT2D eigenvalue weighted by atomic mass is 10.2. The summed E-state index contributed by atoms with van der Waals surface area (Å²) in [6.07, 6.45) is 5.45. The van der Waals surface area contributed by atoms with Gasteiger partial charge in [0.2, 0.25) is 5.95 Å². The maximum absolute atomic E-state index is 13.4. The van der Waals surface area contributed by atoms with Crippen LogP contribution in [0.2, 0.25) is 0 Å². The number of nitrogens with zero attached hydrogens (tertiary/aromatic N) is 5. The Morgan fingerprint density at radius 1 is 1.00 bits per heavy atom. The molecule has 7 heteroatoms. The van der Waals surface area contributed by atoms with Crippen molar-refractivity contribution >= 4 is 22.5 Å². The first kappa shape index (κ1) is 16.7. The molecule has 0 unspecified atom stereocenters. The lowest BCUT2D eigenvalue weighted by Gasteiger charge is -2.32. The van der Waals surface area contributed by atoms with E-state index in [1.165, 1.54) is 12.1 Å². The van der Waals surface area contributed by atoms with Crippen LogP contribution in [-0.4, -0.2) is 53.1 Å². The summed E-state index contributed by atoms with van der Waals surface area (Å²) in [6.45, 7) is 4.55. The molecule has 1 aliphatic heterocycles. The Kier molecular flexibility index (Phi) is 4.62. The molecular formula is C19H21FN6. The fourth-order valence-electron chi connectivity index (χ4n) is 3.01. The molecule has 0 radical (unpaired) electrons. The maximum Gasteiger partial charge on any atom is 0.225 e. The minimum Gasteiger partial charge on any atom is -0.380 e. The van der Waals surface area contributed by atoms with Gasteiger partial charge in [0.25, 0.3) is 0 Å². The molecule has 0 saturated carbocycles. The van der Waals surface area contributed by atoms with Crippen LogP contribution in [0.5, 0.6) is 0 Å². The van der Waals surface area contributed by atoms with Crippen molar-refractivity contribution < 1.29 is 4.39 Å². The van der Waals surface area contributed by atoms with Crippen LogP contribution >= 0.6 is 0 Å². The van der Waals surface area contributed by atoms with Gasteiger partial charge in [-0.2, -0.15) is 0 Å². The molecule has 1 N–H and O–H groups in total. The Bertz CT molecular complexity index is 890. The number of hydrogen-bond donors (Lipinski definition) is 1. The van der Waals surface area contributed by atoms with Crippen molar-refractivity contribution in [1.29, 1.82) is 0 Å². The van der Waals surface area contributed by atoms with Crippen molar-refractivity contribution in [2.24, 2.45) is 0 Å². The van der Waals surface area contributed by atoms with E-state index >= 15 is 0 Å². The number of benzene rings is 1. The van der Waals surface area contributed by atoms with Gasteiger partial charge >= 0.3 is 0 Å². The number of aromatic nitrogens is 3. The highest BCUT2D eigenvalue weighted by atomic mass is 19.1. The molecule has 4 rings (SSSR count). The first-order chi connectivity index (χ1) is 12.7. The van der Waals surface area contributed by atoms with E-state index in [1.807, 2.05) is 18.5 Å². The second-order valence-electron chi connectivity index (χ2n) is 6.60. The minimum atomic E-state index is -0.260. The quantitative estimate of drug-likeness (QED) is 0.779. The highest BCUT2D eigenvalue weighted by Gasteiger charge is 2.16. The Balaban J connectivity index is 1.40. The van der Waals surface area contributed by atoms with Crippen LogP contribution in [0.15, 0.2) is 42.9 Å². The zero-order chi connectivity index (χ0) is 17.9. The molecule has 0 atom stereocenters. The average Bonchev–Trinajstić information content (AvgIpc) is 2.67. The van der Waals surface area contributed by atoms with Gasteiger partial charge in [0, 0.05) is 56.1 Å². The Labute approximate surface area is 151 Å². The van der Waals surface area contributed by atoms with Crippen LogP contribution in [0.3, 0.4) is 0 Å². The summed E-state index contributed by atoms with van der Waals surface area (Å²) < 4.78 is 13.4. The molecule has 1 fully saturated rings. The van der Waals surface area contributed by atoms with E-state index in [0.717, 1.165) is 54.3 Å². The predicted octanol–water partition coefficient (Wildman–Crippen LogP) is 2.53. The normalized spacial score (nSPS) is 15.4. The summed E-state index contributed by atoms with van der Waals surface area (Å²) in [5, 5.41) is 4.07. The van der Waals surface area contributed by atoms with Crippen molar-refractivity contribution in [3.8, 4) is 0 Å². The monoisotopic (exact) mass is 352 g/mol. The highest BCUT2D eigenvalue weighted by molar-refractivity contribution is 5.81. The molecule has 0 amide bonds. The highest BCUT2D eigenvalue weighted by Crippen LogP contribution is 2.18. The zero-order valence-electron chi connectivity index (χ0n) is 14.7. The van der Waals surface area contributed by atoms with E-state index in [0.29, 0.717) is 6.54 Å². The second kappa shape index (κ2) is 7.21. The van der Waals surface area contributed by atoms with Gasteiger partial charge in [-0.1, -0.05) is 0 Å². The van der Waals surface area contributed by atoms with Gasteiger partial charge in [-0.3, -0.25) is 4.98 Å². The van der Waals surface area contributed by atoms with Crippen LogP contribution in [0.25, 0.3) is 10.9 Å². The number of piperazine rings is 1. The third kappa shape index (κ3) is 3.72. The number of fused-ring (bicyclic) bond motifs is 1. The zero-order valence-corrected chi connectivity index (χ0v) is 14.7. The summed E-state index contributed by atoms with van der Waals surface area (Å²) in [5.74, 6) is 0.522. The summed E-state index contributed by atoms with van der Waals surface area (Å²) >= 11 is 0. The standard InChI is InChI=1S/C19H21FN6/c1-25-4-6-26(7-5-25)19-23-11-14(12-24-19)10-21-17-9-15-8-16(20)2-3-18(15)22-13-17/h2-3,8-9,11-13,21H,4-7,10H2,1H3. The Morgan fingerprint density at radius 3 is 2.54 bits per heavy atom. The number of likely N-dealkylation sites (N-methyl/N-ethyl adjacent to an activating group) is 1. The van der Waals surface area contributed by atoms with Crippen LogP contribution in [0.1, 0.15) is 5.56 Å². The van der Waals surface area contributed by atoms with Crippen LogP contribution in [0.4, 0.5) is 16.0 Å². The molecule has 1 aromatic carbocycles. The molecule has 1 saturated heterocycles. The smallest absolute Gasteiger partial charge is 0.225 e. The van der Waals surface area contributed by atoms with Gasteiger partial charge in [-0.05, 0) is 31.3 Å². The van der Waals surface area contributed by atoms with E-state index in [4.69, 9.17) is 0 Å². The molecular weight excluding hydrogens is 331 g/mol. The first-order valence-corrected chi connectivity index (χ1v) is 8.71. The van der Waals surface area contributed by atoms with E-state index in [9.17, 15) is 4.39 Å². The molecule has 1 aliphatic rings. The number of anilines is 2. The number of nitrogens with one attached hydrogen (secondary N) is 1. The summed E-state index contributed by atoms with van der Waals surface area (Å²) in [6, 6.07) is 6.48.